The first-order valence-electron chi connectivity index (χ1n) is 4.96. The zero-order chi connectivity index (χ0) is 11.5. The second kappa shape index (κ2) is 4.37. The highest BCUT2D eigenvalue weighted by Crippen LogP contribution is 2.21. The van der Waals surface area contributed by atoms with Crippen molar-refractivity contribution < 1.29 is 4.39 Å². The molecule has 82 valence electrons. The molecule has 0 spiro atoms. The average molecular weight is 217 g/mol. The lowest BCUT2D eigenvalue weighted by Crippen LogP contribution is -2.14. The van der Waals surface area contributed by atoms with Crippen molar-refractivity contribution in [2.24, 2.45) is 5.73 Å². The van der Waals surface area contributed by atoms with Gasteiger partial charge >= 0.3 is 0 Å². The van der Waals surface area contributed by atoms with Crippen LogP contribution in [-0.2, 0) is 0 Å². The van der Waals surface area contributed by atoms with E-state index in [1.165, 1.54) is 18.5 Å². The zero-order valence-corrected chi connectivity index (χ0v) is 8.89. The van der Waals surface area contributed by atoms with Crippen LogP contribution in [-0.4, -0.2) is 9.97 Å². The Labute approximate surface area is 93.2 Å². The smallest absolute Gasteiger partial charge is 0.123 e. The Morgan fingerprint density at radius 3 is 2.75 bits per heavy atom. The fourth-order valence-electron chi connectivity index (χ4n) is 1.63. The predicted molar refractivity (Wildman–Crippen MR) is 59.2 cm³/mol. The minimum atomic E-state index is -0.344. The van der Waals surface area contributed by atoms with Crippen molar-refractivity contribution in [2.75, 3.05) is 0 Å². The molecule has 1 aromatic carbocycles. The summed E-state index contributed by atoms with van der Waals surface area (Å²) in [6.45, 7) is 1.83. The van der Waals surface area contributed by atoms with E-state index in [0.29, 0.717) is 0 Å². The van der Waals surface area contributed by atoms with Crippen molar-refractivity contribution in [2.45, 2.75) is 13.0 Å². The molecule has 1 aromatic heterocycles. The summed E-state index contributed by atoms with van der Waals surface area (Å²) in [6, 6.07) is 5.98. The van der Waals surface area contributed by atoms with Gasteiger partial charge in [-0.3, -0.25) is 0 Å². The number of nitrogens with two attached hydrogens (primary N) is 1. The highest BCUT2D eigenvalue weighted by atomic mass is 19.1. The van der Waals surface area contributed by atoms with Gasteiger partial charge in [-0.25, -0.2) is 14.4 Å². The van der Waals surface area contributed by atoms with Crippen molar-refractivity contribution in [1.82, 2.24) is 9.97 Å². The van der Waals surface area contributed by atoms with E-state index in [-0.39, 0.29) is 11.9 Å². The van der Waals surface area contributed by atoms with Gasteiger partial charge in [0.05, 0.1) is 11.7 Å². The minimum absolute atomic E-state index is 0.254. The fraction of sp³-hybridized carbons (Fsp3) is 0.167. The highest BCUT2D eigenvalue weighted by Gasteiger charge is 2.12. The molecule has 2 aromatic rings. The van der Waals surface area contributed by atoms with Gasteiger partial charge in [-0.2, -0.15) is 0 Å². The maximum Gasteiger partial charge on any atom is 0.123 e. The molecule has 2 N–H and O–H groups in total. The van der Waals surface area contributed by atoms with E-state index in [4.69, 9.17) is 5.73 Å². The number of hydrogen-bond acceptors (Lipinski definition) is 3. The summed E-state index contributed by atoms with van der Waals surface area (Å²) in [5, 5.41) is 0. The molecule has 0 saturated carbocycles. The van der Waals surface area contributed by atoms with E-state index >= 15 is 0 Å². The maximum absolute atomic E-state index is 12.9. The summed E-state index contributed by atoms with van der Waals surface area (Å²) in [5.74, 6) is -0.254. The Hall–Kier alpha value is -1.81. The Morgan fingerprint density at radius 2 is 2.12 bits per heavy atom. The largest absolute Gasteiger partial charge is 0.319 e. The van der Waals surface area contributed by atoms with Crippen LogP contribution >= 0.6 is 0 Å². The molecule has 0 saturated heterocycles. The highest BCUT2D eigenvalue weighted by molar-refractivity contribution is 5.33. The topological polar surface area (TPSA) is 51.8 Å². The lowest BCUT2D eigenvalue weighted by Gasteiger charge is -2.13. The third-order valence-corrected chi connectivity index (χ3v) is 2.49. The molecule has 0 amide bonds. The van der Waals surface area contributed by atoms with Crippen LogP contribution in [0.1, 0.15) is 22.9 Å². The van der Waals surface area contributed by atoms with Gasteiger partial charge in [-0.05, 0) is 36.2 Å². The monoisotopic (exact) mass is 217 g/mol. The SMILES string of the molecule is Cc1cc(F)ccc1C(N)c1ccncn1. The minimum Gasteiger partial charge on any atom is -0.319 e. The van der Waals surface area contributed by atoms with Crippen LogP contribution in [0, 0.1) is 12.7 Å². The fourth-order valence-corrected chi connectivity index (χ4v) is 1.63. The average Bonchev–Trinajstić information content (AvgIpc) is 2.29. The summed E-state index contributed by atoms with van der Waals surface area (Å²) >= 11 is 0. The quantitative estimate of drug-likeness (QED) is 0.836. The molecule has 16 heavy (non-hydrogen) atoms. The Balaban J connectivity index is 2.38. The van der Waals surface area contributed by atoms with Crippen LogP contribution < -0.4 is 5.73 Å². The molecule has 0 aliphatic rings. The van der Waals surface area contributed by atoms with Crippen molar-refractivity contribution in [3.63, 3.8) is 0 Å². The van der Waals surface area contributed by atoms with Crippen molar-refractivity contribution >= 4 is 0 Å². The Bertz CT molecular complexity index is 485. The standard InChI is InChI=1S/C12H12FN3/c1-8-6-9(13)2-3-10(8)12(14)11-4-5-15-7-16-11/h2-7,12H,14H2,1H3. The number of aromatic nitrogens is 2. The summed E-state index contributed by atoms with van der Waals surface area (Å²) in [5.41, 5.74) is 8.48. The lowest BCUT2D eigenvalue weighted by atomic mass is 9.99. The number of halogens is 1. The van der Waals surface area contributed by atoms with Gasteiger partial charge in [0.25, 0.3) is 0 Å². The third kappa shape index (κ3) is 2.06. The molecule has 0 aliphatic heterocycles. The molecule has 1 unspecified atom stereocenters. The molecular formula is C12H12FN3. The van der Waals surface area contributed by atoms with Crippen LogP contribution in [0.2, 0.25) is 0 Å². The molecule has 0 bridgehead atoms. The maximum atomic E-state index is 12.9. The Morgan fingerprint density at radius 1 is 1.31 bits per heavy atom. The van der Waals surface area contributed by atoms with Gasteiger partial charge in [0.1, 0.15) is 12.1 Å². The summed E-state index contributed by atoms with van der Waals surface area (Å²) < 4.78 is 12.9. The molecule has 2 rings (SSSR count). The van der Waals surface area contributed by atoms with Gasteiger partial charge in [0, 0.05) is 6.20 Å². The molecule has 0 aliphatic carbocycles. The van der Waals surface area contributed by atoms with E-state index < -0.39 is 0 Å². The molecular weight excluding hydrogens is 205 g/mol. The summed E-state index contributed by atoms with van der Waals surface area (Å²) in [4.78, 5) is 7.92. The molecule has 0 radical (unpaired) electrons. The second-order valence-electron chi connectivity index (χ2n) is 3.61. The molecule has 4 heteroatoms. The normalized spacial score (nSPS) is 12.4. The number of aryl methyl sites for hydroxylation is 1. The van der Waals surface area contributed by atoms with Gasteiger partial charge < -0.3 is 5.73 Å². The number of benzene rings is 1. The zero-order valence-electron chi connectivity index (χ0n) is 8.89. The Kier molecular flexibility index (Phi) is 2.92. The molecule has 1 heterocycles. The third-order valence-electron chi connectivity index (χ3n) is 2.49. The van der Waals surface area contributed by atoms with E-state index in [2.05, 4.69) is 9.97 Å². The lowest BCUT2D eigenvalue weighted by molar-refractivity contribution is 0.624. The first kappa shape index (κ1) is 10.7. The van der Waals surface area contributed by atoms with Crippen LogP contribution in [0.4, 0.5) is 4.39 Å². The second-order valence-corrected chi connectivity index (χ2v) is 3.61. The molecule has 3 nitrogen and oxygen atoms in total. The number of rotatable bonds is 2. The van der Waals surface area contributed by atoms with Crippen LogP contribution in [0.5, 0.6) is 0 Å². The van der Waals surface area contributed by atoms with Gasteiger partial charge in [0.2, 0.25) is 0 Å². The van der Waals surface area contributed by atoms with E-state index in [1.807, 2.05) is 6.92 Å². The van der Waals surface area contributed by atoms with E-state index in [1.54, 1.807) is 18.3 Å². The van der Waals surface area contributed by atoms with Crippen molar-refractivity contribution in [3.8, 4) is 0 Å². The van der Waals surface area contributed by atoms with Gasteiger partial charge in [-0.15, -0.1) is 0 Å². The predicted octanol–water partition coefficient (Wildman–Crippen LogP) is 1.97. The van der Waals surface area contributed by atoms with Crippen LogP contribution in [0.25, 0.3) is 0 Å². The van der Waals surface area contributed by atoms with E-state index in [0.717, 1.165) is 16.8 Å². The summed E-state index contributed by atoms with van der Waals surface area (Å²) in [7, 11) is 0. The molecule has 1 atom stereocenters. The van der Waals surface area contributed by atoms with Crippen LogP contribution in [0.15, 0.2) is 36.8 Å². The molecule has 0 fully saturated rings. The summed E-state index contributed by atoms with van der Waals surface area (Å²) in [6.07, 6.45) is 3.09. The van der Waals surface area contributed by atoms with Gasteiger partial charge in [0.15, 0.2) is 0 Å². The van der Waals surface area contributed by atoms with Crippen LogP contribution in [0.3, 0.4) is 0 Å². The first-order valence-corrected chi connectivity index (χ1v) is 4.96. The number of nitrogens with zero attached hydrogens (tertiary/aromatic N) is 2. The van der Waals surface area contributed by atoms with Gasteiger partial charge in [-0.1, -0.05) is 6.07 Å². The number of hydrogen-bond donors (Lipinski definition) is 1. The van der Waals surface area contributed by atoms with Crippen molar-refractivity contribution in [1.29, 1.82) is 0 Å². The van der Waals surface area contributed by atoms with Crippen molar-refractivity contribution in [3.05, 3.63) is 59.4 Å². The first-order chi connectivity index (χ1) is 7.68. The van der Waals surface area contributed by atoms with E-state index in [9.17, 15) is 4.39 Å².